The van der Waals surface area contributed by atoms with E-state index in [9.17, 15) is 19.8 Å². The lowest BCUT2D eigenvalue weighted by Gasteiger charge is -2.14. The van der Waals surface area contributed by atoms with Crippen molar-refractivity contribution in [2.75, 3.05) is 0 Å². The largest absolute Gasteiger partial charge is 0.504 e. The summed E-state index contributed by atoms with van der Waals surface area (Å²) in [5, 5.41) is 35.0. The lowest BCUT2D eigenvalue weighted by Crippen LogP contribution is -2.42. The average molecular weight is 309 g/mol. The number of nitrogens with one attached hydrogen (secondary N) is 1. The first-order chi connectivity index (χ1) is 9.97. The Morgan fingerprint density at radius 2 is 2.05 bits per heavy atom. The molecule has 1 aromatic heterocycles. The summed E-state index contributed by atoms with van der Waals surface area (Å²) in [7, 11) is 0. The summed E-state index contributed by atoms with van der Waals surface area (Å²) in [4.78, 5) is 23.0. The molecule has 2 aromatic rings. The second kappa shape index (κ2) is 6.18. The number of aromatic hydroxyl groups is 2. The predicted molar refractivity (Wildman–Crippen MR) is 72.3 cm³/mol. The van der Waals surface area contributed by atoms with Crippen LogP contribution in [0.1, 0.15) is 16.1 Å². The number of phenolic OH excluding ortho intramolecular Hbond substituents is 2. The van der Waals surface area contributed by atoms with Gasteiger partial charge in [0.05, 0.1) is 0 Å². The summed E-state index contributed by atoms with van der Waals surface area (Å²) in [6.45, 7) is 0. The molecule has 0 unspecified atom stereocenters. The van der Waals surface area contributed by atoms with Gasteiger partial charge in [0.2, 0.25) is 0 Å². The van der Waals surface area contributed by atoms with E-state index in [1.165, 1.54) is 23.6 Å². The van der Waals surface area contributed by atoms with Crippen LogP contribution in [0, 0.1) is 0 Å². The average Bonchev–Trinajstić information content (AvgIpc) is 2.96. The maximum Gasteiger partial charge on any atom is 0.326 e. The third kappa shape index (κ3) is 3.66. The maximum atomic E-state index is 11.8. The van der Waals surface area contributed by atoms with Gasteiger partial charge >= 0.3 is 5.97 Å². The van der Waals surface area contributed by atoms with Gasteiger partial charge in [-0.05, 0) is 29.2 Å². The number of benzene rings is 1. The number of carbonyl (C=O) groups is 2. The topological polar surface area (TPSA) is 133 Å². The van der Waals surface area contributed by atoms with E-state index >= 15 is 0 Å². The van der Waals surface area contributed by atoms with E-state index in [4.69, 9.17) is 5.11 Å². The van der Waals surface area contributed by atoms with Crippen molar-refractivity contribution < 1.29 is 24.9 Å². The number of hydrogen-bond acceptors (Lipinski definition) is 7. The zero-order chi connectivity index (χ0) is 15.4. The summed E-state index contributed by atoms with van der Waals surface area (Å²) in [5.41, 5.74) is 0.495. The highest BCUT2D eigenvalue weighted by atomic mass is 32.1. The van der Waals surface area contributed by atoms with Crippen molar-refractivity contribution in [3.05, 3.63) is 34.8 Å². The van der Waals surface area contributed by atoms with Crippen molar-refractivity contribution in [2.24, 2.45) is 0 Å². The first-order valence-electron chi connectivity index (χ1n) is 5.79. The van der Waals surface area contributed by atoms with E-state index in [-0.39, 0.29) is 23.6 Å². The summed E-state index contributed by atoms with van der Waals surface area (Å²) in [6, 6.07) is 2.75. The normalized spacial score (nSPS) is 11.8. The van der Waals surface area contributed by atoms with Crippen LogP contribution in [0.3, 0.4) is 0 Å². The zero-order valence-corrected chi connectivity index (χ0v) is 11.4. The Labute approximate surface area is 122 Å². The summed E-state index contributed by atoms with van der Waals surface area (Å²) >= 11 is 0.981. The molecule has 1 heterocycles. The minimum absolute atomic E-state index is 0.0415. The molecular weight excluding hydrogens is 298 g/mol. The van der Waals surface area contributed by atoms with Crippen molar-refractivity contribution in [3.63, 3.8) is 0 Å². The Kier molecular flexibility index (Phi) is 4.33. The minimum Gasteiger partial charge on any atom is -0.504 e. The standard InChI is InChI=1S/C12H11N3O5S/c16-9-2-1-6(4-10(9)17)3-7(12(19)20)13-11(18)8-5-21-15-14-8/h1-2,4-5,7,16-17H,3H2,(H,13,18)(H,19,20)/t7-/m0/s1. The fraction of sp³-hybridized carbons (Fsp3) is 0.167. The Bertz CT molecular complexity index is 659. The number of carbonyl (C=O) groups excluding carboxylic acids is 1. The lowest BCUT2D eigenvalue weighted by molar-refractivity contribution is -0.139. The quantitative estimate of drug-likeness (QED) is 0.587. The molecule has 0 aliphatic rings. The van der Waals surface area contributed by atoms with Crippen molar-refractivity contribution in [3.8, 4) is 11.5 Å². The second-order valence-electron chi connectivity index (χ2n) is 4.18. The van der Waals surface area contributed by atoms with E-state index in [2.05, 4.69) is 14.9 Å². The molecule has 21 heavy (non-hydrogen) atoms. The number of aromatic nitrogens is 2. The van der Waals surface area contributed by atoms with Gasteiger partial charge in [0.25, 0.3) is 5.91 Å². The molecule has 1 amide bonds. The van der Waals surface area contributed by atoms with E-state index < -0.39 is 17.9 Å². The van der Waals surface area contributed by atoms with Gasteiger partial charge in [0.1, 0.15) is 6.04 Å². The van der Waals surface area contributed by atoms with Crippen molar-refractivity contribution in [1.29, 1.82) is 0 Å². The minimum atomic E-state index is -1.22. The Morgan fingerprint density at radius 3 is 2.62 bits per heavy atom. The zero-order valence-electron chi connectivity index (χ0n) is 10.6. The highest BCUT2D eigenvalue weighted by Gasteiger charge is 2.22. The highest BCUT2D eigenvalue weighted by molar-refractivity contribution is 7.03. The SMILES string of the molecule is O=C(N[C@@H](Cc1ccc(O)c(O)c1)C(=O)O)c1csnn1. The van der Waals surface area contributed by atoms with Crippen LogP contribution in [0.4, 0.5) is 0 Å². The van der Waals surface area contributed by atoms with Crippen LogP contribution >= 0.6 is 11.5 Å². The molecule has 9 heteroatoms. The number of rotatable bonds is 5. The molecule has 0 saturated heterocycles. The molecule has 0 bridgehead atoms. The van der Waals surface area contributed by atoms with Crippen molar-refractivity contribution >= 4 is 23.4 Å². The predicted octanol–water partition coefficient (Wildman–Crippen LogP) is 0.375. The lowest BCUT2D eigenvalue weighted by atomic mass is 10.1. The fourth-order valence-corrected chi connectivity index (χ4v) is 2.06. The molecule has 0 aliphatic carbocycles. The first-order valence-corrected chi connectivity index (χ1v) is 6.62. The van der Waals surface area contributed by atoms with E-state index in [1.54, 1.807) is 0 Å². The summed E-state index contributed by atoms with van der Waals surface area (Å²) in [5.74, 6) is -2.52. The van der Waals surface area contributed by atoms with Gasteiger partial charge in [0, 0.05) is 11.8 Å². The smallest absolute Gasteiger partial charge is 0.326 e. The molecule has 4 N–H and O–H groups in total. The van der Waals surface area contributed by atoms with Crippen molar-refractivity contribution in [1.82, 2.24) is 14.9 Å². The van der Waals surface area contributed by atoms with Crippen LogP contribution in [0.25, 0.3) is 0 Å². The molecular formula is C12H11N3O5S. The van der Waals surface area contributed by atoms with E-state index in [1.807, 2.05) is 0 Å². The van der Waals surface area contributed by atoms with E-state index in [0.717, 1.165) is 11.5 Å². The van der Waals surface area contributed by atoms with Crippen LogP contribution < -0.4 is 5.32 Å². The third-order valence-electron chi connectivity index (χ3n) is 2.68. The molecule has 0 aliphatic heterocycles. The van der Waals surface area contributed by atoms with Gasteiger partial charge < -0.3 is 20.6 Å². The molecule has 8 nitrogen and oxygen atoms in total. The Balaban J connectivity index is 2.10. The number of carboxylic acids is 1. The molecule has 2 rings (SSSR count). The molecule has 0 spiro atoms. The number of aliphatic carboxylic acids is 1. The van der Waals surface area contributed by atoms with Crippen molar-refractivity contribution in [2.45, 2.75) is 12.5 Å². The number of phenols is 2. The van der Waals surface area contributed by atoms with Gasteiger partial charge in [-0.3, -0.25) is 4.79 Å². The molecule has 1 atom stereocenters. The number of hydrogen-bond donors (Lipinski definition) is 4. The monoisotopic (exact) mass is 309 g/mol. The number of nitrogens with zero attached hydrogens (tertiary/aromatic N) is 2. The maximum absolute atomic E-state index is 11.8. The van der Waals surface area contributed by atoms with Gasteiger partial charge in [-0.15, -0.1) is 5.10 Å². The van der Waals surface area contributed by atoms with Crippen LogP contribution in [-0.4, -0.2) is 42.8 Å². The first kappa shape index (κ1) is 14.7. The summed E-state index contributed by atoms with van der Waals surface area (Å²) in [6.07, 6.45) is -0.0491. The second-order valence-corrected chi connectivity index (χ2v) is 4.79. The van der Waals surface area contributed by atoms with Gasteiger partial charge in [-0.2, -0.15) is 0 Å². The Hall–Kier alpha value is -2.68. The highest BCUT2D eigenvalue weighted by Crippen LogP contribution is 2.25. The van der Waals surface area contributed by atoms with Gasteiger partial charge in [-0.25, -0.2) is 4.79 Å². The van der Waals surface area contributed by atoms with Crippen LogP contribution in [-0.2, 0) is 11.2 Å². The molecule has 1 aromatic carbocycles. The van der Waals surface area contributed by atoms with Gasteiger partial charge in [-0.1, -0.05) is 10.6 Å². The third-order valence-corrected chi connectivity index (χ3v) is 3.18. The molecule has 0 radical (unpaired) electrons. The van der Waals surface area contributed by atoms with Crippen LogP contribution in [0.2, 0.25) is 0 Å². The molecule has 0 fully saturated rings. The molecule has 110 valence electrons. The number of amides is 1. The molecule has 0 saturated carbocycles. The fourth-order valence-electron chi connectivity index (χ4n) is 1.63. The van der Waals surface area contributed by atoms with E-state index in [0.29, 0.717) is 5.56 Å². The summed E-state index contributed by atoms with van der Waals surface area (Å²) < 4.78 is 3.52. The van der Waals surface area contributed by atoms with Gasteiger partial charge in [0.15, 0.2) is 17.2 Å². The van der Waals surface area contributed by atoms with Crippen LogP contribution in [0.15, 0.2) is 23.6 Å². The van der Waals surface area contributed by atoms with Crippen LogP contribution in [0.5, 0.6) is 11.5 Å². The number of carboxylic acid groups (broad SMARTS) is 1. The Morgan fingerprint density at radius 1 is 1.29 bits per heavy atom.